The molecule has 1 atom stereocenters. The molecule has 2 aromatic rings. The zero-order valence-corrected chi connectivity index (χ0v) is 14.6. The molecule has 0 spiro atoms. The third kappa shape index (κ3) is 4.46. The van der Waals surface area contributed by atoms with E-state index in [1.54, 1.807) is 0 Å². The van der Waals surface area contributed by atoms with Gasteiger partial charge in [0.15, 0.2) is 0 Å². The molecule has 0 aliphatic carbocycles. The first-order chi connectivity index (χ1) is 10.6. The summed E-state index contributed by atoms with van der Waals surface area (Å²) in [5.41, 5.74) is 5.73. The lowest BCUT2D eigenvalue weighted by atomic mass is 9.92. The first-order valence-electron chi connectivity index (χ1n) is 8.66. The van der Waals surface area contributed by atoms with Crippen molar-refractivity contribution >= 4 is 0 Å². The topological polar surface area (TPSA) is 17.8 Å². The van der Waals surface area contributed by atoms with Crippen LogP contribution in [0, 0.1) is 20.8 Å². The summed E-state index contributed by atoms with van der Waals surface area (Å²) >= 11 is 0. The molecule has 120 valence electrons. The monoisotopic (exact) mass is 298 g/mol. The Morgan fingerprint density at radius 3 is 2.36 bits per heavy atom. The molecule has 0 N–H and O–H groups in total. The van der Waals surface area contributed by atoms with Gasteiger partial charge in [-0.25, -0.2) is 4.98 Å². The van der Waals surface area contributed by atoms with Gasteiger partial charge in [0.2, 0.25) is 0 Å². The van der Waals surface area contributed by atoms with Crippen LogP contribution in [0.1, 0.15) is 67.3 Å². The van der Waals surface area contributed by atoms with Crippen LogP contribution in [-0.4, -0.2) is 9.55 Å². The average Bonchev–Trinajstić information content (AvgIpc) is 2.99. The van der Waals surface area contributed by atoms with Crippen molar-refractivity contribution in [1.82, 2.24) is 9.55 Å². The maximum Gasteiger partial charge on any atom is 0.0948 e. The number of aromatic nitrogens is 2. The van der Waals surface area contributed by atoms with E-state index in [4.69, 9.17) is 0 Å². The van der Waals surface area contributed by atoms with E-state index < -0.39 is 0 Å². The average molecular weight is 298 g/mol. The first kappa shape index (κ1) is 16.8. The Bertz CT molecular complexity index is 546. The minimum absolute atomic E-state index is 0.527. The predicted octanol–water partition coefficient (Wildman–Crippen LogP) is 5.56. The molecule has 22 heavy (non-hydrogen) atoms. The summed E-state index contributed by atoms with van der Waals surface area (Å²) in [5, 5.41) is 0. The van der Waals surface area contributed by atoms with Gasteiger partial charge in [-0.15, -0.1) is 0 Å². The third-order valence-corrected chi connectivity index (χ3v) is 4.62. The Kier molecular flexibility index (Phi) is 6.23. The molecule has 0 fully saturated rings. The molecule has 0 saturated heterocycles. The summed E-state index contributed by atoms with van der Waals surface area (Å²) in [4.78, 5) is 4.25. The summed E-state index contributed by atoms with van der Waals surface area (Å²) in [5.74, 6) is 0. The highest BCUT2D eigenvalue weighted by Crippen LogP contribution is 2.26. The molecule has 1 heterocycles. The summed E-state index contributed by atoms with van der Waals surface area (Å²) in [7, 11) is 0. The summed E-state index contributed by atoms with van der Waals surface area (Å²) < 4.78 is 2.30. The number of hydrogen-bond donors (Lipinski definition) is 0. The Morgan fingerprint density at radius 1 is 1.05 bits per heavy atom. The van der Waals surface area contributed by atoms with E-state index >= 15 is 0 Å². The highest BCUT2D eigenvalue weighted by Gasteiger charge is 2.14. The van der Waals surface area contributed by atoms with Crippen LogP contribution in [0.5, 0.6) is 0 Å². The van der Waals surface area contributed by atoms with Crippen LogP contribution in [0.3, 0.4) is 0 Å². The van der Waals surface area contributed by atoms with Gasteiger partial charge in [0.05, 0.1) is 6.33 Å². The van der Waals surface area contributed by atoms with E-state index in [1.807, 2.05) is 12.5 Å². The van der Waals surface area contributed by atoms with Crippen molar-refractivity contribution in [3.8, 4) is 0 Å². The molecule has 0 saturated carbocycles. The Labute approximate surface area is 135 Å². The largest absolute Gasteiger partial charge is 0.334 e. The van der Waals surface area contributed by atoms with Gasteiger partial charge in [0.25, 0.3) is 0 Å². The second kappa shape index (κ2) is 8.17. The summed E-state index contributed by atoms with van der Waals surface area (Å²) in [6.45, 7) is 8.95. The van der Waals surface area contributed by atoms with E-state index in [0.717, 1.165) is 6.42 Å². The van der Waals surface area contributed by atoms with E-state index in [2.05, 4.69) is 55.6 Å². The minimum atomic E-state index is 0.527. The van der Waals surface area contributed by atoms with Crippen molar-refractivity contribution < 1.29 is 0 Å². The van der Waals surface area contributed by atoms with Gasteiger partial charge in [-0.3, -0.25) is 0 Å². The summed E-state index contributed by atoms with van der Waals surface area (Å²) in [6, 6.07) is 5.15. The Hall–Kier alpha value is -1.57. The molecule has 1 aromatic heterocycles. The van der Waals surface area contributed by atoms with Gasteiger partial charge in [0, 0.05) is 18.4 Å². The molecule has 0 aliphatic rings. The van der Waals surface area contributed by atoms with E-state index in [0.29, 0.717) is 6.04 Å². The lowest BCUT2D eigenvalue weighted by Crippen LogP contribution is -2.12. The normalized spacial score (nSPS) is 12.5. The second-order valence-electron chi connectivity index (χ2n) is 6.59. The van der Waals surface area contributed by atoms with E-state index in [1.165, 1.54) is 54.4 Å². The van der Waals surface area contributed by atoms with Crippen molar-refractivity contribution in [1.29, 1.82) is 0 Å². The van der Waals surface area contributed by atoms with Crippen molar-refractivity contribution in [2.75, 3.05) is 0 Å². The maximum absolute atomic E-state index is 4.25. The van der Waals surface area contributed by atoms with Gasteiger partial charge in [0.1, 0.15) is 0 Å². The lowest BCUT2D eigenvalue weighted by Gasteiger charge is -2.21. The van der Waals surface area contributed by atoms with Gasteiger partial charge in [-0.05, 0) is 50.3 Å². The van der Waals surface area contributed by atoms with E-state index in [-0.39, 0.29) is 0 Å². The first-order valence-corrected chi connectivity index (χ1v) is 8.66. The molecule has 0 radical (unpaired) electrons. The number of unbranched alkanes of at least 4 members (excludes halogenated alkanes) is 3. The smallest absolute Gasteiger partial charge is 0.0948 e. The highest BCUT2D eigenvalue weighted by atomic mass is 15.0. The molecule has 1 unspecified atom stereocenters. The molecular formula is C20H30N2. The van der Waals surface area contributed by atoms with Crippen LogP contribution in [-0.2, 0) is 6.42 Å². The maximum atomic E-state index is 4.25. The fraction of sp³-hybridized carbons (Fsp3) is 0.550. The molecule has 2 heteroatoms. The lowest BCUT2D eigenvalue weighted by molar-refractivity contribution is 0.436. The van der Waals surface area contributed by atoms with Crippen LogP contribution in [0.4, 0.5) is 0 Å². The van der Waals surface area contributed by atoms with Gasteiger partial charge in [-0.2, -0.15) is 0 Å². The molecule has 2 nitrogen and oxygen atoms in total. The number of nitrogens with zero attached hydrogens (tertiary/aromatic N) is 2. The zero-order valence-electron chi connectivity index (χ0n) is 14.6. The van der Waals surface area contributed by atoms with Gasteiger partial charge in [-0.1, -0.05) is 50.3 Å². The summed E-state index contributed by atoms with van der Waals surface area (Å²) in [6.07, 6.45) is 13.6. The van der Waals surface area contributed by atoms with E-state index in [9.17, 15) is 0 Å². The second-order valence-corrected chi connectivity index (χ2v) is 6.59. The molecule has 1 aromatic carbocycles. The van der Waals surface area contributed by atoms with Crippen LogP contribution in [0.2, 0.25) is 0 Å². The van der Waals surface area contributed by atoms with Crippen LogP contribution < -0.4 is 0 Å². The molecule has 2 rings (SSSR count). The standard InChI is InChI=1S/C20H30N2/c1-5-6-7-8-9-19(22-11-10-21-15-22)14-20-17(3)12-16(2)13-18(20)4/h10-13,15,19H,5-9,14H2,1-4H3. The van der Waals surface area contributed by atoms with Crippen LogP contribution in [0.15, 0.2) is 30.9 Å². The Morgan fingerprint density at radius 2 is 1.77 bits per heavy atom. The highest BCUT2D eigenvalue weighted by molar-refractivity contribution is 5.37. The number of rotatable bonds is 8. The fourth-order valence-corrected chi connectivity index (χ4v) is 3.42. The van der Waals surface area contributed by atoms with Crippen molar-refractivity contribution in [2.24, 2.45) is 0 Å². The van der Waals surface area contributed by atoms with Gasteiger partial charge >= 0.3 is 0 Å². The van der Waals surface area contributed by atoms with Crippen molar-refractivity contribution in [3.63, 3.8) is 0 Å². The predicted molar refractivity (Wildman–Crippen MR) is 94.4 cm³/mol. The quantitative estimate of drug-likeness (QED) is 0.583. The molecule has 0 aliphatic heterocycles. The number of aryl methyl sites for hydroxylation is 3. The SMILES string of the molecule is CCCCCCC(Cc1c(C)cc(C)cc1C)n1ccnc1. The van der Waals surface area contributed by atoms with Crippen LogP contribution in [0.25, 0.3) is 0 Å². The number of hydrogen-bond acceptors (Lipinski definition) is 1. The van der Waals surface area contributed by atoms with Crippen molar-refractivity contribution in [3.05, 3.63) is 53.1 Å². The molecule has 0 bridgehead atoms. The fourth-order valence-electron chi connectivity index (χ4n) is 3.42. The third-order valence-electron chi connectivity index (χ3n) is 4.62. The zero-order chi connectivity index (χ0) is 15.9. The number of imidazole rings is 1. The Balaban J connectivity index is 2.13. The molecule has 0 amide bonds. The number of benzene rings is 1. The molecular weight excluding hydrogens is 268 g/mol. The van der Waals surface area contributed by atoms with Gasteiger partial charge < -0.3 is 4.57 Å². The minimum Gasteiger partial charge on any atom is -0.334 e. The van der Waals surface area contributed by atoms with Crippen LogP contribution >= 0.6 is 0 Å². The van der Waals surface area contributed by atoms with Crippen molar-refractivity contribution in [2.45, 2.75) is 72.3 Å².